The number of halogens is 1. The van der Waals surface area contributed by atoms with E-state index in [2.05, 4.69) is 27.8 Å². The lowest BCUT2D eigenvalue weighted by molar-refractivity contribution is 0.0765. The van der Waals surface area contributed by atoms with E-state index in [0.717, 1.165) is 34.2 Å². The number of carbonyl (C=O) groups is 1. The number of pyridine rings is 1. The normalized spacial score (nSPS) is 11.1. The van der Waals surface area contributed by atoms with E-state index in [-0.39, 0.29) is 5.91 Å². The quantitative estimate of drug-likeness (QED) is 0.820. The summed E-state index contributed by atoms with van der Waals surface area (Å²) in [5.41, 5.74) is 3.52. The van der Waals surface area contributed by atoms with Crippen LogP contribution in [0.5, 0.6) is 0 Å². The molecule has 2 aromatic heterocycles. The van der Waals surface area contributed by atoms with E-state index in [9.17, 15) is 4.79 Å². The van der Waals surface area contributed by atoms with Crippen molar-refractivity contribution in [3.05, 3.63) is 33.7 Å². The van der Waals surface area contributed by atoms with Crippen molar-refractivity contribution in [1.82, 2.24) is 14.3 Å². The molecule has 0 atom stereocenters. The number of hydrogen-bond donors (Lipinski definition) is 0. The van der Waals surface area contributed by atoms with E-state index >= 15 is 0 Å². The van der Waals surface area contributed by atoms with Gasteiger partial charge in [-0.2, -0.15) is 0 Å². The van der Waals surface area contributed by atoms with Crippen LogP contribution in [-0.4, -0.2) is 33.3 Å². The van der Waals surface area contributed by atoms with Crippen LogP contribution in [0, 0.1) is 6.92 Å². The molecule has 0 radical (unpaired) electrons. The van der Waals surface area contributed by atoms with Crippen molar-refractivity contribution in [1.29, 1.82) is 0 Å². The highest BCUT2D eigenvalue weighted by Crippen LogP contribution is 2.24. The number of amides is 1. The van der Waals surface area contributed by atoms with Gasteiger partial charge in [0.2, 0.25) is 0 Å². The SMILES string of the molecule is CCCc1nc2c(Br)cc(C)cn2c1C(=O)N(CC)CC. The lowest BCUT2D eigenvalue weighted by Crippen LogP contribution is -2.32. The van der Waals surface area contributed by atoms with E-state index in [1.54, 1.807) is 0 Å². The fourth-order valence-electron chi connectivity index (χ4n) is 2.58. The lowest BCUT2D eigenvalue weighted by Gasteiger charge is -2.19. The van der Waals surface area contributed by atoms with Crippen LogP contribution in [0.2, 0.25) is 0 Å². The van der Waals surface area contributed by atoms with Crippen molar-refractivity contribution in [3.63, 3.8) is 0 Å². The monoisotopic (exact) mass is 351 g/mol. The standard InChI is InChI=1S/C16H22BrN3O/c1-5-8-13-14(16(21)19(6-2)7-3)20-10-11(4)9-12(17)15(20)18-13/h9-10H,5-8H2,1-4H3. The Bertz CT molecular complexity index is 659. The first kappa shape index (κ1) is 16.0. The summed E-state index contributed by atoms with van der Waals surface area (Å²) in [7, 11) is 0. The predicted octanol–water partition coefficient (Wildman–Crippen LogP) is 3.84. The number of rotatable bonds is 5. The molecule has 0 saturated heterocycles. The average molecular weight is 352 g/mol. The molecule has 0 saturated carbocycles. The Morgan fingerprint density at radius 2 is 2.00 bits per heavy atom. The Labute approximate surface area is 134 Å². The highest BCUT2D eigenvalue weighted by atomic mass is 79.9. The zero-order chi connectivity index (χ0) is 15.6. The fourth-order valence-corrected chi connectivity index (χ4v) is 3.22. The number of imidazole rings is 1. The molecule has 0 bridgehead atoms. The van der Waals surface area contributed by atoms with E-state index in [1.807, 2.05) is 42.3 Å². The van der Waals surface area contributed by atoms with Gasteiger partial charge in [-0.3, -0.25) is 9.20 Å². The molecule has 0 aliphatic carbocycles. The first-order valence-electron chi connectivity index (χ1n) is 7.49. The molecule has 114 valence electrons. The minimum absolute atomic E-state index is 0.0634. The van der Waals surface area contributed by atoms with Gasteiger partial charge >= 0.3 is 0 Å². The summed E-state index contributed by atoms with van der Waals surface area (Å²) in [5.74, 6) is 0.0634. The number of aryl methyl sites for hydroxylation is 2. The first-order chi connectivity index (χ1) is 10.0. The number of hydrogen-bond acceptors (Lipinski definition) is 2. The van der Waals surface area contributed by atoms with Crippen LogP contribution in [0.4, 0.5) is 0 Å². The van der Waals surface area contributed by atoms with Gasteiger partial charge in [0.1, 0.15) is 5.69 Å². The maximum Gasteiger partial charge on any atom is 0.272 e. The molecule has 0 aliphatic heterocycles. The Balaban J connectivity index is 2.68. The summed E-state index contributed by atoms with van der Waals surface area (Å²) in [6, 6.07) is 2.03. The summed E-state index contributed by atoms with van der Waals surface area (Å²) < 4.78 is 2.86. The molecule has 2 aromatic rings. The third-order valence-electron chi connectivity index (χ3n) is 3.62. The second-order valence-corrected chi connectivity index (χ2v) is 6.05. The molecule has 0 spiro atoms. The van der Waals surface area contributed by atoms with Crippen LogP contribution in [0.3, 0.4) is 0 Å². The van der Waals surface area contributed by atoms with E-state index < -0.39 is 0 Å². The van der Waals surface area contributed by atoms with E-state index in [0.29, 0.717) is 18.8 Å². The van der Waals surface area contributed by atoms with Gasteiger partial charge in [-0.1, -0.05) is 13.3 Å². The third-order valence-corrected chi connectivity index (χ3v) is 4.21. The van der Waals surface area contributed by atoms with Crippen LogP contribution >= 0.6 is 15.9 Å². The molecule has 4 nitrogen and oxygen atoms in total. The zero-order valence-electron chi connectivity index (χ0n) is 13.1. The van der Waals surface area contributed by atoms with E-state index in [1.165, 1.54) is 0 Å². The fraction of sp³-hybridized carbons (Fsp3) is 0.500. The zero-order valence-corrected chi connectivity index (χ0v) is 14.7. The van der Waals surface area contributed by atoms with Crippen LogP contribution in [-0.2, 0) is 6.42 Å². The Kier molecular flexibility index (Phi) is 5.04. The van der Waals surface area contributed by atoms with Crippen LogP contribution in [0.1, 0.15) is 48.9 Å². The van der Waals surface area contributed by atoms with Gasteiger partial charge in [0.05, 0.1) is 10.2 Å². The predicted molar refractivity (Wildman–Crippen MR) is 88.9 cm³/mol. The molecule has 5 heteroatoms. The largest absolute Gasteiger partial charge is 0.338 e. The molecule has 0 aromatic carbocycles. The summed E-state index contributed by atoms with van der Waals surface area (Å²) in [6.07, 6.45) is 3.78. The number of aromatic nitrogens is 2. The summed E-state index contributed by atoms with van der Waals surface area (Å²) in [4.78, 5) is 19.4. The number of carbonyl (C=O) groups excluding carboxylic acids is 1. The smallest absolute Gasteiger partial charge is 0.272 e. The number of fused-ring (bicyclic) bond motifs is 1. The molecule has 0 aliphatic rings. The molecule has 21 heavy (non-hydrogen) atoms. The maximum absolute atomic E-state index is 12.9. The van der Waals surface area contributed by atoms with Crippen LogP contribution in [0.15, 0.2) is 16.7 Å². The molecule has 0 N–H and O–H groups in total. The highest BCUT2D eigenvalue weighted by Gasteiger charge is 2.23. The molecule has 1 amide bonds. The molecule has 2 rings (SSSR count). The molecule has 2 heterocycles. The van der Waals surface area contributed by atoms with Crippen LogP contribution in [0.25, 0.3) is 5.65 Å². The highest BCUT2D eigenvalue weighted by molar-refractivity contribution is 9.10. The van der Waals surface area contributed by atoms with Gasteiger partial charge in [0.25, 0.3) is 5.91 Å². The van der Waals surface area contributed by atoms with Crippen molar-refractivity contribution >= 4 is 27.5 Å². The van der Waals surface area contributed by atoms with Crippen LogP contribution < -0.4 is 0 Å². The first-order valence-corrected chi connectivity index (χ1v) is 8.29. The Morgan fingerprint density at radius 3 is 2.57 bits per heavy atom. The van der Waals surface area contributed by atoms with Crippen molar-refractivity contribution in [2.75, 3.05) is 13.1 Å². The molecule has 0 unspecified atom stereocenters. The average Bonchev–Trinajstić information content (AvgIpc) is 2.79. The Morgan fingerprint density at radius 1 is 1.33 bits per heavy atom. The van der Waals surface area contributed by atoms with Gasteiger partial charge in [0, 0.05) is 19.3 Å². The minimum atomic E-state index is 0.0634. The topological polar surface area (TPSA) is 37.6 Å². The van der Waals surface area contributed by atoms with Crippen molar-refractivity contribution in [2.24, 2.45) is 0 Å². The number of nitrogens with zero attached hydrogens (tertiary/aromatic N) is 3. The third kappa shape index (κ3) is 2.98. The van der Waals surface area contributed by atoms with Crippen molar-refractivity contribution < 1.29 is 4.79 Å². The van der Waals surface area contributed by atoms with Gasteiger partial charge in [0.15, 0.2) is 5.65 Å². The second-order valence-electron chi connectivity index (χ2n) is 5.19. The second kappa shape index (κ2) is 6.60. The maximum atomic E-state index is 12.9. The summed E-state index contributed by atoms with van der Waals surface area (Å²) in [6.45, 7) is 9.56. The summed E-state index contributed by atoms with van der Waals surface area (Å²) >= 11 is 3.56. The minimum Gasteiger partial charge on any atom is -0.338 e. The molecular weight excluding hydrogens is 330 g/mol. The van der Waals surface area contributed by atoms with Gasteiger partial charge in [-0.25, -0.2) is 4.98 Å². The van der Waals surface area contributed by atoms with Gasteiger partial charge in [-0.05, 0) is 54.8 Å². The van der Waals surface area contributed by atoms with Crippen molar-refractivity contribution in [2.45, 2.75) is 40.5 Å². The molecular formula is C16H22BrN3O. The lowest BCUT2D eigenvalue weighted by atomic mass is 10.2. The summed E-state index contributed by atoms with van der Waals surface area (Å²) in [5, 5.41) is 0. The van der Waals surface area contributed by atoms with Gasteiger partial charge in [-0.15, -0.1) is 0 Å². The van der Waals surface area contributed by atoms with Gasteiger partial charge < -0.3 is 4.90 Å². The Hall–Kier alpha value is -1.36. The van der Waals surface area contributed by atoms with E-state index in [4.69, 9.17) is 0 Å². The van der Waals surface area contributed by atoms with Crippen molar-refractivity contribution in [3.8, 4) is 0 Å². The molecule has 0 fully saturated rings.